The Labute approximate surface area is 95.8 Å². The van der Waals surface area contributed by atoms with Crippen molar-refractivity contribution in [1.29, 1.82) is 0 Å². The lowest BCUT2D eigenvalue weighted by Crippen LogP contribution is -2.14. The maximum atomic E-state index is 10.9. The lowest BCUT2D eigenvalue weighted by molar-refractivity contribution is 0.327. The van der Waals surface area contributed by atoms with Crippen LogP contribution in [0.25, 0.3) is 0 Å². The van der Waals surface area contributed by atoms with Crippen molar-refractivity contribution < 1.29 is 13.2 Å². The van der Waals surface area contributed by atoms with Crippen LogP contribution in [0, 0.1) is 0 Å². The first-order valence-corrected chi connectivity index (χ1v) is 7.08. The fraction of sp³-hybridized carbons (Fsp3) is 0.500. The van der Waals surface area contributed by atoms with Gasteiger partial charge in [-0.05, 0) is 13.0 Å². The second-order valence-electron chi connectivity index (χ2n) is 3.37. The minimum atomic E-state index is -2.92. The third kappa shape index (κ3) is 4.97. The Bertz CT molecular complexity index is 414. The van der Waals surface area contributed by atoms with Gasteiger partial charge in [-0.3, -0.25) is 0 Å². The summed E-state index contributed by atoms with van der Waals surface area (Å²) in [6.45, 7) is 2.85. The number of nitrogens with one attached hydrogen (secondary N) is 1. The Kier molecular flexibility index (Phi) is 4.54. The van der Waals surface area contributed by atoms with E-state index in [1.165, 1.54) is 6.26 Å². The van der Waals surface area contributed by atoms with Gasteiger partial charge in [-0.25, -0.2) is 13.4 Å². The highest BCUT2D eigenvalue weighted by Crippen LogP contribution is 2.10. The van der Waals surface area contributed by atoms with E-state index in [1.807, 2.05) is 6.92 Å². The Morgan fingerprint density at radius 2 is 2.19 bits per heavy atom. The lowest BCUT2D eigenvalue weighted by Gasteiger charge is -2.06. The molecule has 0 aliphatic carbocycles. The second-order valence-corrected chi connectivity index (χ2v) is 5.63. The molecule has 0 aliphatic rings. The predicted molar refractivity (Wildman–Crippen MR) is 63.6 cm³/mol. The largest absolute Gasteiger partial charge is 0.478 e. The Hall–Kier alpha value is -1.30. The number of rotatable bonds is 6. The van der Waals surface area contributed by atoms with Crippen LogP contribution in [0.4, 0.5) is 5.69 Å². The average molecular weight is 244 g/mol. The van der Waals surface area contributed by atoms with Crippen molar-refractivity contribution in [3.8, 4) is 5.88 Å². The number of sulfone groups is 1. The van der Waals surface area contributed by atoms with E-state index in [-0.39, 0.29) is 5.75 Å². The van der Waals surface area contributed by atoms with Crippen LogP contribution in [0.2, 0.25) is 0 Å². The first-order valence-electron chi connectivity index (χ1n) is 5.01. The molecule has 0 amide bonds. The molecular weight excluding hydrogens is 228 g/mol. The van der Waals surface area contributed by atoms with Crippen LogP contribution in [-0.2, 0) is 9.84 Å². The third-order valence-corrected chi connectivity index (χ3v) is 2.78. The van der Waals surface area contributed by atoms with Gasteiger partial charge in [-0.15, -0.1) is 0 Å². The molecule has 1 N–H and O–H groups in total. The van der Waals surface area contributed by atoms with Crippen molar-refractivity contribution >= 4 is 15.5 Å². The Morgan fingerprint density at radius 1 is 1.44 bits per heavy atom. The van der Waals surface area contributed by atoms with Crippen molar-refractivity contribution in [3.63, 3.8) is 0 Å². The molecule has 90 valence electrons. The summed E-state index contributed by atoms with van der Waals surface area (Å²) >= 11 is 0. The Balaban J connectivity index is 2.43. The van der Waals surface area contributed by atoms with E-state index in [9.17, 15) is 8.42 Å². The van der Waals surface area contributed by atoms with Gasteiger partial charge in [0.2, 0.25) is 5.88 Å². The summed E-state index contributed by atoms with van der Waals surface area (Å²) in [5.74, 6) is 0.677. The molecule has 0 aliphatic heterocycles. The molecule has 1 aromatic rings. The first kappa shape index (κ1) is 12.8. The van der Waals surface area contributed by atoms with Crippen molar-refractivity contribution in [2.45, 2.75) is 6.92 Å². The molecule has 1 rings (SSSR count). The SMILES string of the molecule is CCOc1ccc(NCCS(C)(=O)=O)cn1. The maximum absolute atomic E-state index is 10.9. The first-order chi connectivity index (χ1) is 7.51. The number of hydrogen-bond acceptors (Lipinski definition) is 5. The summed E-state index contributed by atoms with van der Waals surface area (Å²) in [5.41, 5.74) is 0.784. The second kappa shape index (κ2) is 5.69. The van der Waals surface area contributed by atoms with E-state index in [0.717, 1.165) is 5.69 Å². The highest BCUT2D eigenvalue weighted by atomic mass is 32.2. The van der Waals surface area contributed by atoms with Gasteiger partial charge in [0.15, 0.2) is 0 Å². The smallest absolute Gasteiger partial charge is 0.213 e. The molecule has 0 unspecified atom stereocenters. The van der Waals surface area contributed by atoms with Crippen molar-refractivity contribution in [2.24, 2.45) is 0 Å². The average Bonchev–Trinajstić information content (AvgIpc) is 2.19. The topological polar surface area (TPSA) is 68.3 Å². The van der Waals surface area contributed by atoms with Crippen molar-refractivity contribution in [2.75, 3.05) is 30.5 Å². The van der Waals surface area contributed by atoms with Gasteiger partial charge in [0.25, 0.3) is 0 Å². The van der Waals surface area contributed by atoms with Crippen LogP contribution >= 0.6 is 0 Å². The van der Waals surface area contributed by atoms with Gasteiger partial charge in [-0.1, -0.05) is 0 Å². The predicted octanol–water partition coefficient (Wildman–Crippen LogP) is 0.937. The van der Waals surface area contributed by atoms with Crippen LogP contribution in [-0.4, -0.2) is 38.6 Å². The van der Waals surface area contributed by atoms with Crippen LogP contribution in [0.15, 0.2) is 18.3 Å². The molecule has 0 radical (unpaired) electrons. The number of nitrogens with zero attached hydrogens (tertiary/aromatic N) is 1. The number of hydrogen-bond donors (Lipinski definition) is 1. The quantitative estimate of drug-likeness (QED) is 0.806. The third-order valence-electron chi connectivity index (χ3n) is 1.83. The molecule has 0 bridgehead atoms. The van der Waals surface area contributed by atoms with Crippen LogP contribution < -0.4 is 10.1 Å². The van der Waals surface area contributed by atoms with Crippen molar-refractivity contribution in [3.05, 3.63) is 18.3 Å². The minimum Gasteiger partial charge on any atom is -0.478 e. The molecule has 0 fully saturated rings. The van der Waals surface area contributed by atoms with Gasteiger partial charge < -0.3 is 10.1 Å². The Morgan fingerprint density at radius 3 is 2.69 bits per heavy atom. The van der Waals surface area contributed by atoms with E-state index >= 15 is 0 Å². The number of pyridine rings is 1. The lowest BCUT2D eigenvalue weighted by atomic mass is 10.4. The molecule has 0 aromatic carbocycles. The van der Waals surface area contributed by atoms with E-state index < -0.39 is 9.84 Å². The van der Waals surface area contributed by atoms with Gasteiger partial charge in [0.1, 0.15) is 9.84 Å². The number of ether oxygens (including phenoxy) is 1. The van der Waals surface area contributed by atoms with E-state index in [0.29, 0.717) is 19.0 Å². The summed E-state index contributed by atoms with van der Waals surface area (Å²) in [6, 6.07) is 3.55. The zero-order valence-corrected chi connectivity index (χ0v) is 10.3. The monoisotopic (exact) mass is 244 g/mol. The summed E-state index contributed by atoms with van der Waals surface area (Å²) < 4.78 is 27.0. The maximum Gasteiger partial charge on any atom is 0.213 e. The van der Waals surface area contributed by atoms with Crippen LogP contribution in [0.1, 0.15) is 6.92 Å². The summed E-state index contributed by atoms with van der Waals surface area (Å²) in [5, 5.41) is 2.97. The molecule has 0 atom stereocenters. The minimum absolute atomic E-state index is 0.111. The molecule has 0 spiro atoms. The highest BCUT2D eigenvalue weighted by Gasteiger charge is 2.01. The van der Waals surface area contributed by atoms with Crippen LogP contribution in [0.5, 0.6) is 5.88 Å². The number of aromatic nitrogens is 1. The van der Waals surface area contributed by atoms with Crippen LogP contribution in [0.3, 0.4) is 0 Å². The fourth-order valence-corrected chi connectivity index (χ4v) is 1.57. The summed E-state index contributed by atoms with van der Waals surface area (Å²) in [7, 11) is -2.92. The van der Waals surface area contributed by atoms with Gasteiger partial charge in [0, 0.05) is 18.9 Å². The normalized spacial score (nSPS) is 11.1. The van der Waals surface area contributed by atoms with E-state index in [2.05, 4.69) is 10.3 Å². The molecular formula is C10H16N2O3S. The molecule has 5 nitrogen and oxygen atoms in total. The van der Waals surface area contributed by atoms with Gasteiger partial charge >= 0.3 is 0 Å². The highest BCUT2D eigenvalue weighted by molar-refractivity contribution is 7.90. The summed E-state index contributed by atoms with van der Waals surface area (Å²) in [4.78, 5) is 4.05. The zero-order chi connectivity index (χ0) is 12.0. The molecule has 1 aromatic heterocycles. The zero-order valence-electron chi connectivity index (χ0n) is 9.43. The van der Waals surface area contributed by atoms with Gasteiger partial charge in [-0.2, -0.15) is 0 Å². The van der Waals surface area contributed by atoms with E-state index in [4.69, 9.17) is 4.74 Å². The van der Waals surface area contributed by atoms with E-state index in [1.54, 1.807) is 18.3 Å². The molecule has 0 saturated carbocycles. The van der Waals surface area contributed by atoms with Crippen molar-refractivity contribution in [1.82, 2.24) is 4.98 Å². The molecule has 0 saturated heterocycles. The molecule has 1 heterocycles. The fourth-order valence-electron chi connectivity index (χ4n) is 1.10. The number of anilines is 1. The molecule has 6 heteroatoms. The summed E-state index contributed by atoms with van der Waals surface area (Å²) in [6.07, 6.45) is 2.83. The van der Waals surface area contributed by atoms with Gasteiger partial charge in [0.05, 0.1) is 24.2 Å². The standard InChI is InChI=1S/C10H16N2O3S/c1-3-15-10-5-4-9(8-12-10)11-6-7-16(2,13)14/h4-5,8,11H,3,6-7H2,1-2H3. The molecule has 16 heavy (non-hydrogen) atoms.